The molecule has 0 bridgehead atoms. The van der Waals surface area contributed by atoms with Crippen molar-refractivity contribution in [1.29, 1.82) is 0 Å². The fraction of sp³-hybridized carbons (Fsp3) is 1.00. The van der Waals surface area contributed by atoms with Gasteiger partial charge in [0.1, 0.15) is 0 Å². The van der Waals surface area contributed by atoms with Gasteiger partial charge in [-0.1, -0.05) is 6.92 Å². The summed E-state index contributed by atoms with van der Waals surface area (Å²) in [6.45, 7) is 3.17. The standard InChI is InChI=1S/C9H18N2O/c1-3-6-4-8-9(12-6)7(10)5-11(8)2/h6-9H,3-5,10H2,1-2H3/t6?,7-,8+,9+/m1/s1. The lowest BCUT2D eigenvalue weighted by atomic mass is 10.1. The molecule has 12 heavy (non-hydrogen) atoms. The third-order valence-electron chi connectivity index (χ3n) is 3.18. The summed E-state index contributed by atoms with van der Waals surface area (Å²) >= 11 is 0. The second kappa shape index (κ2) is 2.98. The van der Waals surface area contributed by atoms with Crippen molar-refractivity contribution in [1.82, 2.24) is 4.90 Å². The first-order chi connectivity index (χ1) is 5.72. The zero-order valence-electron chi connectivity index (χ0n) is 7.86. The molecule has 2 fully saturated rings. The highest BCUT2D eigenvalue weighted by molar-refractivity contribution is 5.00. The highest BCUT2D eigenvalue weighted by atomic mass is 16.5. The molecular weight excluding hydrogens is 152 g/mol. The van der Waals surface area contributed by atoms with Gasteiger partial charge in [0.15, 0.2) is 0 Å². The molecule has 0 saturated carbocycles. The van der Waals surface area contributed by atoms with Crippen LogP contribution in [0.2, 0.25) is 0 Å². The summed E-state index contributed by atoms with van der Waals surface area (Å²) in [4.78, 5) is 2.34. The lowest BCUT2D eigenvalue weighted by molar-refractivity contribution is 0.0355. The van der Waals surface area contributed by atoms with Crippen LogP contribution in [0.4, 0.5) is 0 Å². The topological polar surface area (TPSA) is 38.5 Å². The van der Waals surface area contributed by atoms with Gasteiger partial charge in [-0.2, -0.15) is 0 Å². The van der Waals surface area contributed by atoms with Gasteiger partial charge in [-0.25, -0.2) is 0 Å². The summed E-state index contributed by atoms with van der Waals surface area (Å²) in [5.74, 6) is 0. The van der Waals surface area contributed by atoms with E-state index in [0.29, 0.717) is 18.2 Å². The lowest BCUT2D eigenvalue weighted by Gasteiger charge is -2.15. The van der Waals surface area contributed by atoms with E-state index >= 15 is 0 Å². The van der Waals surface area contributed by atoms with Gasteiger partial charge >= 0.3 is 0 Å². The molecule has 2 heterocycles. The van der Waals surface area contributed by atoms with Crippen molar-refractivity contribution in [3.63, 3.8) is 0 Å². The van der Waals surface area contributed by atoms with Gasteiger partial charge in [0.25, 0.3) is 0 Å². The number of hydrogen-bond acceptors (Lipinski definition) is 3. The molecule has 0 aromatic carbocycles. The summed E-state index contributed by atoms with van der Waals surface area (Å²) in [6, 6.07) is 0.821. The van der Waals surface area contributed by atoms with Gasteiger partial charge in [-0.3, -0.25) is 4.90 Å². The Hall–Kier alpha value is -0.120. The number of nitrogens with zero attached hydrogens (tertiary/aromatic N) is 1. The maximum atomic E-state index is 5.96. The number of fused-ring (bicyclic) bond motifs is 1. The average molecular weight is 170 g/mol. The summed E-state index contributed by atoms with van der Waals surface area (Å²) < 4.78 is 5.85. The van der Waals surface area contributed by atoms with Crippen LogP contribution >= 0.6 is 0 Å². The zero-order chi connectivity index (χ0) is 8.72. The fourth-order valence-corrected chi connectivity index (χ4v) is 2.42. The highest BCUT2D eigenvalue weighted by Gasteiger charge is 2.45. The molecule has 2 saturated heterocycles. The van der Waals surface area contributed by atoms with Crippen LogP contribution in [0.1, 0.15) is 19.8 Å². The van der Waals surface area contributed by atoms with Gasteiger partial charge in [-0.15, -0.1) is 0 Å². The van der Waals surface area contributed by atoms with E-state index in [1.54, 1.807) is 0 Å². The molecule has 2 N–H and O–H groups in total. The molecule has 0 spiro atoms. The van der Waals surface area contributed by atoms with E-state index in [0.717, 1.165) is 13.0 Å². The molecule has 0 amide bonds. The van der Waals surface area contributed by atoms with E-state index in [-0.39, 0.29) is 6.04 Å². The smallest absolute Gasteiger partial charge is 0.0897 e. The molecule has 3 heteroatoms. The van der Waals surface area contributed by atoms with Crippen molar-refractivity contribution < 1.29 is 4.74 Å². The summed E-state index contributed by atoms with van der Waals surface area (Å²) in [7, 11) is 2.14. The summed E-state index contributed by atoms with van der Waals surface area (Å²) in [5.41, 5.74) is 5.96. The second-order valence-electron chi connectivity index (χ2n) is 4.04. The van der Waals surface area contributed by atoms with Gasteiger partial charge in [0.2, 0.25) is 0 Å². The number of likely N-dealkylation sites (tertiary alicyclic amines) is 1. The van der Waals surface area contributed by atoms with Crippen LogP contribution in [0.3, 0.4) is 0 Å². The monoisotopic (exact) mass is 170 g/mol. The average Bonchev–Trinajstić information content (AvgIpc) is 2.55. The zero-order valence-corrected chi connectivity index (χ0v) is 7.86. The van der Waals surface area contributed by atoms with Crippen molar-refractivity contribution >= 4 is 0 Å². The van der Waals surface area contributed by atoms with E-state index in [9.17, 15) is 0 Å². The summed E-state index contributed by atoms with van der Waals surface area (Å²) in [6.07, 6.45) is 3.05. The number of hydrogen-bond donors (Lipinski definition) is 1. The van der Waals surface area contributed by atoms with Crippen LogP contribution in [0.15, 0.2) is 0 Å². The van der Waals surface area contributed by atoms with E-state index in [1.165, 1.54) is 6.42 Å². The lowest BCUT2D eigenvalue weighted by Crippen LogP contribution is -2.35. The Balaban J connectivity index is 2.04. The Labute approximate surface area is 73.9 Å². The quantitative estimate of drug-likeness (QED) is 0.611. The summed E-state index contributed by atoms with van der Waals surface area (Å²) in [5, 5.41) is 0. The van der Waals surface area contributed by atoms with E-state index in [4.69, 9.17) is 10.5 Å². The van der Waals surface area contributed by atoms with Crippen molar-refractivity contribution in [2.75, 3.05) is 13.6 Å². The van der Waals surface area contributed by atoms with Crippen molar-refractivity contribution in [2.24, 2.45) is 5.73 Å². The van der Waals surface area contributed by atoms with Crippen LogP contribution in [-0.2, 0) is 4.74 Å². The Bertz CT molecular complexity index is 158. The molecule has 4 atom stereocenters. The third kappa shape index (κ3) is 1.16. The maximum absolute atomic E-state index is 5.96. The first-order valence-corrected chi connectivity index (χ1v) is 4.83. The van der Waals surface area contributed by atoms with Gasteiger partial charge in [-0.05, 0) is 19.9 Å². The Morgan fingerprint density at radius 2 is 2.33 bits per heavy atom. The normalized spacial score (nSPS) is 48.2. The van der Waals surface area contributed by atoms with Gasteiger partial charge in [0.05, 0.1) is 12.2 Å². The van der Waals surface area contributed by atoms with Crippen LogP contribution in [-0.4, -0.2) is 42.8 Å². The first-order valence-electron chi connectivity index (χ1n) is 4.83. The minimum absolute atomic E-state index is 0.233. The molecule has 0 aromatic heterocycles. The fourth-order valence-electron chi connectivity index (χ4n) is 2.42. The van der Waals surface area contributed by atoms with Crippen molar-refractivity contribution in [3.05, 3.63) is 0 Å². The molecule has 0 aliphatic carbocycles. The molecule has 2 aliphatic heterocycles. The predicted octanol–water partition coefficient (Wildman–Crippen LogP) is 0.195. The number of nitrogens with two attached hydrogens (primary N) is 1. The Kier molecular flexibility index (Phi) is 2.10. The highest BCUT2D eigenvalue weighted by Crippen LogP contribution is 2.32. The first kappa shape index (κ1) is 8.48. The second-order valence-corrected chi connectivity index (χ2v) is 4.04. The SMILES string of the molecule is CCC1C[C@H]2[C@@H](O1)[C@H](N)CN2C. The molecule has 0 aromatic rings. The number of rotatable bonds is 1. The van der Waals surface area contributed by atoms with Crippen molar-refractivity contribution in [2.45, 2.75) is 44.1 Å². The van der Waals surface area contributed by atoms with E-state index in [2.05, 4.69) is 18.9 Å². The molecule has 0 radical (unpaired) electrons. The Morgan fingerprint density at radius 1 is 1.58 bits per heavy atom. The van der Waals surface area contributed by atoms with Gasteiger partial charge in [0, 0.05) is 18.6 Å². The minimum atomic E-state index is 0.233. The minimum Gasteiger partial charge on any atom is -0.372 e. The van der Waals surface area contributed by atoms with E-state index < -0.39 is 0 Å². The van der Waals surface area contributed by atoms with Crippen LogP contribution < -0.4 is 5.73 Å². The Morgan fingerprint density at radius 3 is 2.92 bits per heavy atom. The predicted molar refractivity (Wildman–Crippen MR) is 48.0 cm³/mol. The number of likely N-dealkylation sites (N-methyl/N-ethyl adjacent to an activating group) is 1. The molecular formula is C9H18N2O. The van der Waals surface area contributed by atoms with Gasteiger partial charge < -0.3 is 10.5 Å². The van der Waals surface area contributed by atoms with Crippen LogP contribution in [0, 0.1) is 0 Å². The number of ether oxygens (including phenoxy) is 1. The largest absolute Gasteiger partial charge is 0.372 e. The van der Waals surface area contributed by atoms with Crippen molar-refractivity contribution in [3.8, 4) is 0 Å². The van der Waals surface area contributed by atoms with Crippen LogP contribution in [0.5, 0.6) is 0 Å². The molecule has 70 valence electrons. The van der Waals surface area contributed by atoms with E-state index in [1.807, 2.05) is 0 Å². The van der Waals surface area contributed by atoms with Crippen LogP contribution in [0.25, 0.3) is 0 Å². The molecule has 1 unspecified atom stereocenters. The third-order valence-corrected chi connectivity index (χ3v) is 3.18. The maximum Gasteiger partial charge on any atom is 0.0897 e. The molecule has 2 rings (SSSR count). The molecule has 3 nitrogen and oxygen atoms in total. The molecule has 2 aliphatic rings.